The van der Waals surface area contributed by atoms with Crippen LogP contribution in [-0.4, -0.2) is 37.2 Å². The minimum absolute atomic E-state index is 0.578. The molecule has 18 heavy (non-hydrogen) atoms. The molecule has 0 aliphatic carbocycles. The fourth-order valence-electron chi connectivity index (χ4n) is 2.53. The number of nitrogens with zero attached hydrogens (tertiary/aromatic N) is 5. The molecule has 0 N–H and O–H groups in total. The Balaban J connectivity index is 1.64. The van der Waals surface area contributed by atoms with Gasteiger partial charge < -0.3 is 0 Å². The van der Waals surface area contributed by atoms with Gasteiger partial charge in [-0.2, -0.15) is 5.10 Å². The molecule has 0 amide bonds. The van der Waals surface area contributed by atoms with E-state index in [0.29, 0.717) is 6.04 Å². The standard InChI is InChI=1S/C12H17N5S/c1-10-14-5-12(18-10)7-16-4-2-3-11(16)6-17-9-13-8-15-17/h5,8-9,11H,2-4,6-7H2,1H3/t11-/m1/s1. The van der Waals surface area contributed by atoms with Gasteiger partial charge in [-0.1, -0.05) is 0 Å². The van der Waals surface area contributed by atoms with Crippen LogP contribution in [0.4, 0.5) is 0 Å². The first-order valence-corrected chi connectivity index (χ1v) is 7.10. The maximum absolute atomic E-state index is 4.32. The largest absolute Gasteiger partial charge is 0.293 e. The van der Waals surface area contributed by atoms with E-state index in [-0.39, 0.29) is 0 Å². The van der Waals surface area contributed by atoms with E-state index in [4.69, 9.17) is 0 Å². The van der Waals surface area contributed by atoms with Crippen LogP contribution in [0.2, 0.25) is 0 Å². The Morgan fingerprint density at radius 1 is 1.50 bits per heavy atom. The van der Waals surface area contributed by atoms with Crippen molar-refractivity contribution in [2.24, 2.45) is 0 Å². The normalized spacial score (nSPS) is 20.6. The summed E-state index contributed by atoms with van der Waals surface area (Å²) in [4.78, 5) is 12.2. The first-order valence-electron chi connectivity index (χ1n) is 6.29. The molecule has 3 heterocycles. The van der Waals surface area contributed by atoms with Crippen molar-refractivity contribution in [3.8, 4) is 0 Å². The smallest absolute Gasteiger partial charge is 0.137 e. The van der Waals surface area contributed by atoms with Crippen molar-refractivity contribution in [2.45, 2.75) is 38.9 Å². The van der Waals surface area contributed by atoms with Gasteiger partial charge >= 0.3 is 0 Å². The quantitative estimate of drug-likeness (QED) is 0.842. The highest BCUT2D eigenvalue weighted by atomic mass is 32.1. The third-order valence-corrected chi connectivity index (χ3v) is 4.29. The average Bonchev–Trinajstić information content (AvgIpc) is 3.05. The maximum Gasteiger partial charge on any atom is 0.137 e. The van der Waals surface area contributed by atoms with Crippen molar-refractivity contribution in [3.05, 3.63) is 28.7 Å². The van der Waals surface area contributed by atoms with E-state index < -0.39 is 0 Å². The van der Waals surface area contributed by atoms with Crippen molar-refractivity contribution in [1.29, 1.82) is 0 Å². The van der Waals surface area contributed by atoms with Gasteiger partial charge in [0.1, 0.15) is 12.7 Å². The second kappa shape index (κ2) is 5.16. The van der Waals surface area contributed by atoms with Gasteiger partial charge in [0.25, 0.3) is 0 Å². The molecule has 0 bridgehead atoms. The maximum atomic E-state index is 4.32. The second-order valence-electron chi connectivity index (χ2n) is 4.73. The topological polar surface area (TPSA) is 46.8 Å². The number of aromatic nitrogens is 4. The van der Waals surface area contributed by atoms with Gasteiger partial charge in [0.15, 0.2) is 0 Å². The molecule has 0 radical (unpaired) electrons. The zero-order valence-corrected chi connectivity index (χ0v) is 11.3. The fraction of sp³-hybridized carbons (Fsp3) is 0.583. The predicted octanol–water partition coefficient (Wildman–Crippen LogP) is 1.71. The number of rotatable bonds is 4. The summed E-state index contributed by atoms with van der Waals surface area (Å²) in [6.07, 6.45) is 7.93. The van der Waals surface area contributed by atoms with Crippen molar-refractivity contribution >= 4 is 11.3 Å². The molecule has 0 spiro atoms. The predicted molar refractivity (Wildman–Crippen MR) is 70.3 cm³/mol. The lowest BCUT2D eigenvalue weighted by Crippen LogP contribution is -2.32. The van der Waals surface area contributed by atoms with E-state index in [9.17, 15) is 0 Å². The average molecular weight is 263 g/mol. The first kappa shape index (κ1) is 11.8. The number of hydrogen-bond acceptors (Lipinski definition) is 5. The Kier molecular flexibility index (Phi) is 3.38. The molecular weight excluding hydrogens is 246 g/mol. The summed E-state index contributed by atoms with van der Waals surface area (Å²) in [6.45, 7) is 5.20. The minimum atomic E-state index is 0.578. The molecule has 2 aromatic heterocycles. The molecular formula is C12H17N5S. The molecule has 3 rings (SSSR count). The summed E-state index contributed by atoms with van der Waals surface area (Å²) in [7, 11) is 0. The zero-order chi connectivity index (χ0) is 12.4. The molecule has 1 atom stereocenters. The Bertz CT molecular complexity index is 492. The molecule has 96 valence electrons. The van der Waals surface area contributed by atoms with Gasteiger partial charge in [-0.25, -0.2) is 9.97 Å². The van der Waals surface area contributed by atoms with Gasteiger partial charge in [0, 0.05) is 23.7 Å². The van der Waals surface area contributed by atoms with Crippen LogP contribution in [0.1, 0.15) is 22.7 Å². The van der Waals surface area contributed by atoms with Crippen LogP contribution in [0.25, 0.3) is 0 Å². The molecule has 1 saturated heterocycles. The van der Waals surface area contributed by atoms with Crippen LogP contribution in [0.3, 0.4) is 0 Å². The zero-order valence-electron chi connectivity index (χ0n) is 10.5. The third kappa shape index (κ3) is 2.59. The molecule has 6 heteroatoms. The van der Waals surface area contributed by atoms with Crippen molar-refractivity contribution < 1.29 is 0 Å². The minimum Gasteiger partial charge on any atom is -0.293 e. The lowest BCUT2D eigenvalue weighted by molar-refractivity contribution is 0.220. The highest BCUT2D eigenvalue weighted by Gasteiger charge is 2.25. The van der Waals surface area contributed by atoms with E-state index in [1.807, 2.05) is 10.9 Å². The summed E-state index contributed by atoms with van der Waals surface area (Å²) < 4.78 is 1.93. The number of likely N-dealkylation sites (tertiary alicyclic amines) is 1. The van der Waals surface area contributed by atoms with Crippen molar-refractivity contribution in [2.75, 3.05) is 6.54 Å². The van der Waals surface area contributed by atoms with E-state index in [0.717, 1.165) is 18.1 Å². The van der Waals surface area contributed by atoms with Crippen LogP contribution in [0.15, 0.2) is 18.9 Å². The molecule has 1 aliphatic heterocycles. The molecule has 2 aromatic rings. The molecule has 0 saturated carbocycles. The Morgan fingerprint density at radius 3 is 3.17 bits per heavy atom. The van der Waals surface area contributed by atoms with Crippen LogP contribution in [0.5, 0.6) is 0 Å². The highest BCUT2D eigenvalue weighted by molar-refractivity contribution is 7.11. The van der Waals surface area contributed by atoms with Crippen molar-refractivity contribution in [3.63, 3.8) is 0 Å². The molecule has 1 aliphatic rings. The monoisotopic (exact) mass is 263 g/mol. The third-order valence-electron chi connectivity index (χ3n) is 3.39. The van der Waals surface area contributed by atoms with Crippen LogP contribution >= 0.6 is 11.3 Å². The summed E-state index contributed by atoms with van der Waals surface area (Å²) in [5.41, 5.74) is 0. The SMILES string of the molecule is Cc1ncc(CN2CCC[C@@H]2Cn2cncn2)s1. The lowest BCUT2D eigenvalue weighted by atomic mass is 10.2. The van der Waals surface area contributed by atoms with E-state index in [2.05, 4.69) is 26.9 Å². The van der Waals surface area contributed by atoms with Crippen LogP contribution in [-0.2, 0) is 13.1 Å². The Hall–Kier alpha value is -1.27. The summed E-state index contributed by atoms with van der Waals surface area (Å²) in [5.74, 6) is 0. The van der Waals surface area contributed by atoms with Gasteiger partial charge in [0.05, 0.1) is 11.6 Å². The Morgan fingerprint density at radius 2 is 2.44 bits per heavy atom. The number of thiazole rings is 1. The highest BCUT2D eigenvalue weighted by Crippen LogP contribution is 2.23. The van der Waals surface area contributed by atoms with E-state index >= 15 is 0 Å². The van der Waals surface area contributed by atoms with E-state index in [1.165, 1.54) is 24.3 Å². The Labute approximate surface area is 110 Å². The molecule has 0 unspecified atom stereocenters. The lowest BCUT2D eigenvalue weighted by Gasteiger charge is -2.23. The summed E-state index contributed by atoms with van der Waals surface area (Å²) in [5, 5.41) is 5.34. The van der Waals surface area contributed by atoms with Gasteiger partial charge in [-0.15, -0.1) is 11.3 Å². The molecule has 5 nitrogen and oxygen atoms in total. The summed E-state index contributed by atoms with van der Waals surface area (Å²) in [6, 6.07) is 0.578. The van der Waals surface area contributed by atoms with Crippen molar-refractivity contribution in [1.82, 2.24) is 24.6 Å². The number of aryl methyl sites for hydroxylation is 1. The van der Waals surface area contributed by atoms with Gasteiger partial charge in [0.2, 0.25) is 0 Å². The molecule has 1 fully saturated rings. The van der Waals surface area contributed by atoms with E-state index in [1.54, 1.807) is 24.0 Å². The first-order chi connectivity index (χ1) is 8.81. The van der Waals surface area contributed by atoms with Crippen LogP contribution < -0.4 is 0 Å². The number of hydrogen-bond donors (Lipinski definition) is 0. The summed E-state index contributed by atoms with van der Waals surface area (Å²) >= 11 is 1.80. The molecule has 0 aromatic carbocycles. The van der Waals surface area contributed by atoms with Gasteiger partial charge in [-0.05, 0) is 26.3 Å². The fourth-order valence-corrected chi connectivity index (χ4v) is 3.35. The van der Waals surface area contributed by atoms with Crippen LogP contribution in [0, 0.1) is 6.92 Å². The second-order valence-corrected chi connectivity index (χ2v) is 6.05. The van der Waals surface area contributed by atoms with Gasteiger partial charge in [-0.3, -0.25) is 9.58 Å².